The molecule has 2 aromatic carbocycles. The van der Waals surface area contributed by atoms with Gasteiger partial charge in [-0.3, -0.25) is 9.59 Å². The van der Waals surface area contributed by atoms with Crippen molar-refractivity contribution in [3.8, 4) is 0 Å². The molecule has 0 bridgehead atoms. The van der Waals surface area contributed by atoms with E-state index in [9.17, 15) is 23.1 Å². The molecule has 172 valence electrons. The third-order valence-electron chi connectivity index (χ3n) is 5.45. The third kappa shape index (κ3) is 5.88. The lowest BCUT2D eigenvalue weighted by molar-refractivity contribution is -0.122. The van der Waals surface area contributed by atoms with Gasteiger partial charge in [-0.15, -0.1) is 0 Å². The van der Waals surface area contributed by atoms with E-state index in [1.54, 1.807) is 6.07 Å². The topological polar surface area (TPSA) is 113 Å². The number of halogens is 2. The van der Waals surface area contributed by atoms with Crippen molar-refractivity contribution in [3.63, 3.8) is 0 Å². The first-order chi connectivity index (χ1) is 15.1. The van der Waals surface area contributed by atoms with E-state index in [2.05, 4.69) is 10.0 Å². The van der Waals surface area contributed by atoms with Gasteiger partial charge in [0.15, 0.2) is 0 Å². The molecule has 0 saturated heterocycles. The minimum absolute atomic E-state index is 0.0783. The number of hydrogen-bond donors (Lipinski definition) is 3. The minimum Gasteiger partial charge on any atom is -0.392 e. The predicted molar refractivity (Wildman–Crippen MR) is 123 cm³/mol. The fraction of sp³-hybridized carbons (Fsp3) is 0.364. The first-order valence-electron chi connectivity index (χ1n) is 10.1. The maximum atomic E-state index is 12.7. The molecule has 0 fully saturated rings. The lowest BCUT2D eigenvalue weighted by Crippen LogP contribution is -2.45. The standard InChI is InChI=1S/C22H24Cl2N2O5S/c1-13(28)21(26-32(30,31)16-6-8-18(23)19(24)10-16)11-22(29)25-20-4-2-3-15-9-14(12-27)5-7-17(15)20/h5-10,12-13,20-21,26,28H,2-4,11H2,1H3,(H,25,29)/t13-,20-,21-/m1/s1. The number of aliphatic hydroxyl groups excluding tert-OH is 1. The van der Waals surface area contributed by atoms with E-state index in [0.29, 0.717) is 5.56 Å². The summed E-state index contributed by atoms with van der Waals surface area (Å²) < 4.78 is 27.8. The Bertz CT molecular complexity index is 1120. The van der Waals surface area contributed by atoms with Gasteiger partial charge in [0.05, 0.1) is 33.1 Å². The molecule has 7 nitrogen and oxygen atoms in total. The van der Waals surface area contributed by atoms with Gasteiger partial charge in [0.1, 0.15) is 6.29 Å². The van der Waals surface area contributed by atoms with Crippen LogP contribution in [0.4, 0.5) is 0 Å². The van der Waals surface area contributed by atoms with E-state index in [0.717, 1.165) is 36.7 Å². The summed E-state index contributed by atoms with van der Waals surface area (Å²) in [6.45, 7) is 1.41. The maximum absolute atomic E-state index is 12.7. The second-order valence-electron chi connectivity index (χ2n) is 7.84. The number of carbonyl (C=O) groups excluding carboxylic acids is 2. The molecule has 0 saturated carbocycles. The van der Waals surface area contributed by atoms with Crippen molar-refractivity contribution in [1.82, 2.24) is 10.0 Å². The number of nitrogens with one attached hydrogen (secondary N) is 2. The number of benzene rings is 2. The number of sulfonamides is 1. The van der Waals surface area contributed by atoms with E-state index >= 15 is 0 Å². The molecule has 0 aromatic heterocycles. The highest BCUT2D eigenvalue weighted by molar-refractivity contribution is 7.89. The van der Waals surface area contributed by atoms with Crippen molar-refractivity contribution in [2.45, 2.75) is 55.7 Å². The quantitative estimate of drug-likeness (QED) is 0.482. The largest absolute Gasteiger partial charge is 0.392 e. The fourth-order valence-electron chi connectivity index (χ4n) is 3.73. The van der Waals surface area contributed by atoms with Gasteiger partial charge >= 0.3 is 0 Å². The number of aryl methyl sites for hydroxylation is 1. The predicted octanol–water partition coefficient (Wildman–Crippen LogP) is 3.42. The van der Waals surface area contributed by atoms with E-state index in [1.807, 2.05) is 12.1 Å². The number of rotatable bonds is 8. The van der Waals surface area contributed by atoms with Crippen LogP contribution in [0.15, 0.2) is 41.3 Å². The van der Waals surface area contributed by atoms with Gasteiger partial charge in [0, 0.05) is 12.0 Å². The van der Waals surface area contributed by atoms with Crippen molar-refractivity contribution in [2.24, 2.45) is 0 Å². The zero-order chi connectivity index (χ0) is 23.5. The molecular formula is C22H24Cl2N2O5S. The average molecular weight is 499 g/mol. The highest BCUT2D eigenvalue weighted by Crippen LogP contribution is 2.30. The van der Waals surface area contributed by atoms with Crippen LogP contribution in [0.1, 0.15) is 53.7 Å². The van der Waals surface area contributed by atoms with E-state index < -0.39 is 28.1 Å². The Morgan fingerprint density at radius 1 is 1.22 bits per heavy atom. The normalized spacial score (nSPS) is 17.8. The third-order valence-corrected chi connectivity index (χ3v) is 7.67. The average Bonchev–Trinajstić information content (AvgIpc) is 2.74. The highest BCUT2D eigenvalue weighted by atomic mass is 35.5. The van der Waals surface area contributed by atoms with Crippen LogP contribution in [-0.2, 0) is 21.2 Å². The van der Waals surface area contributed by atoms with Gasteiger partial charge in [0.2, 0.25) is 15.9 Å². The van der Waals surface area contributed by atoms with E-state index in [-0.39, 0.29) is 27.4 Å². The fourth-order valence-corrected chi connectivity index (χ4v) is 5.43. The summed E-state index contributed by atoms with van der Waals surface area (Å²) in [6.07, 6.45) is 1.82. The van der Waals surface area contributed by atoms with Gasteiger partial charge in [-0.2, -0.15) is 0 Å². The van der Waals surface area contributed by atoms with Gasteiger partial charge in [0.25, 0.3) is 0 Å². The Balaban J connectivity index is 1.71. The van der Waals surface area contributed by atoms with E-state index in [4.69, 9.17) is 23.2 Å². The molecule has 10 heteroatoms. The van der Waals surface area contributed by atoms with Gasteiger partial charge in [-0.25, -0.2) is 13.1 Å². The summed E-state index contributed by atoms with van der Waals surface area (Å²) in [4.78, 5) is 23.6. The molecular weight excluding hydrogens is 475 g/mol. The molecule has 0 radical (unpaired) electrons. The van der Waals surface area contributed by atoms with Crippen LogP contribution < -0.4 is 10.0 Å². The monoisotopic (exact) mass is 498 g/mol. The molecule has 0 aliphatic heterocycles. The van der Waals surface area contributed by atoms with Crippen molar-refractivity contribution in [1.29, 1.82) is 0 Å². The summed E-state index contributed by atoms with van der Waals surface area (Å²) in [5.41, 5.74) is 2.54. The molecule has 0 heterocycles. The number of amides is 1. The van der Waals surface area contributed by atoms with Gasteiger partial charge < -0.3 is 10.4 Å². The van der Waals surface area contributed by atoms with Gasteiger partial charge in [-0.05, 0) is 61.6 Å². The summed E-state index contributed by atoms with van der Waals surface area (Å²) in [5, 5.41) is 13.3. The molecule has 0 spiro atoms. The SMILES string of the molecule is C[C@@H](O)[C@@H](CC(=O)N[C@@H]1CCCc2cc(C=O)ccc21)NS(=O)(=O)c1ccc(Cl)c(Cl)c1. The molecule has 3 N–H and O–H groups in total. The molecule has 1 amide bonds. The number of hydrogen-bond acceptors (Lipinski definition) is 5. The molecule has 2 aromatic rings. The Morgan fingerprint density at radius 3 is 2.62 bits per heavy atom. The molecule has 1 aliphatic carbocycles. The Kier molecular flexibility index (Phi) is 7.95. The summed E-state index contributed by atoms with van der Waals surface area (Å²) in [6, 6.07) is 7.94. The zero-order valence-corrected chi connectivity index (χ0v) is 19.7. The molecule has 1 aliphatic rings. The maximum Gasteiger partial charge on any atom is 0.240 e. The number of fused-ring (bicyclic) bond motifs is 1. The zero-order valence-electron chi connectivity index (χ0n) is 17.3. The number of aliphatic hydroxyl groups is 1. The first-order valence-corrected chi connectivity index (χ1v) is 12.4. The van der Waals surface area contributed by atoms with Crippen LogP contribution in [0.2, 0.25) is 10.0 Å². The van der Waals surface area contributed by atoms with Crippen LogP contribution in [-0.4, -0.2) is 37.9 Å². The molecule has 32 heavy (non-hydrogen) atoms. The van der Waals surface area contributed by atoms with Crippen molar-refractivity contribution in [2.75, 3.05) is 0 Å². The van der Waals surface area contributed by atoms with Crippen LogP contribution in [0.25, 0.3) is 0 Å². The highest BCUT2D eigenvalue weighted by Gasteiger charge is 2.28. The van der Waals surface area contributed by atoms with Crippen molar-refractivity contribution < 1.29 is 23.1 Å². The Hall–Kier alpha value is -1.97. The molecule has 3 rings (SSSR count). The minimum atomic E-state index is -4.04. The van der Waals surface area contributed by atoms with Crippen molar-refractivity contribution in [3.05, 3.63) is 63.1 Å². The second-order valence-corrected chi connectivity index (χ2v) is 10.4. The summed E-state index contributed by atoms with van der Waals surface area (Å²) in [7, 11) is -4.04. The van der Waals surface area contributed by atoms with Gasteiger partial charge in [-0.1, -0.05) is 35.3 Å². The van der Waals surface area contributed by atoms with E-state index in [1.165, 1.54) is 25.1 Å². The number of aldehydes is 1. The van der Waals surface area contributed by atoms with Crippen molar-refractivity contribution >= 4 is 45.4 Å². The summed E-state index contributed by atoms with van der Waals surface area (Å²) >= 11 is 11.8. The lowest BCUT2D eigenvalue weighted by atomic mass is 9.86. The smallest absolute Gasteiger partial charge is 0.240 e. The van der Waals surface area contributed by atoms with Crippen LogP contribution in [0.3, 0.4) is 0 Å². The second kappa shape index (κ2) is 10.3. The Labute approximate surface area is 197 Å². The summed E-state index contributed by atoms with van der Waals surface area (Å²) in [5.74, 6) is -0.398. The lowest BCUT2D eigenvalue weighted by Gasteiger charge is -2.28. The van der Waals surface area contributed by atoms with Crippen LogP contribution in [0, 0.1) is 0 Å². The van der Waals surface area contributed by atoms with Crippen LogP contribution in [0.5, 0.6) is 0 Å². The first kappa shape index (κ1) is 24.7. The molecule has 0 unspecified atom stereocenters. The van der Waals surface area contributed by atoms with Crippen LogP contribution >= 0.6 is 23.2 Å². The number of carbonyl (C=O) groups is 2. The molecule has 3 atom stereocenters. The Morgan fingerprint density at radius 2 is 1.97 bits per heavy atom.